The summed E-state index contributed by atoms with van der Waals surface area (Å²) >= 11 is 0. The van der Waals surface area contributed by atoms with Gasteiger partial charge in [0.05, 0.1) is 6.61 Å². The molecule has 0 unspecified atom stereocenters. The summed E-state index contributed by atoms with van der Waals surface area (Å²) in [4.78, 5) is 15.8. The Kier molecular flexibility index (Phi) is 4.13. The number of carbonyl (C=O) groups excluding carboxylic acids is 1. The predicted molar refractivity (Wildman–Crippen MR) is 71.4 cm³/mol. The van der Waals surface area contributed by atoms with Gasteiger partial charge in [-0.2, -0.15) is 0 Å². The molecular formula is C15H15NO3. The van der Waals surface area contributed by atoms with E-state index in [-0.39, 0.29) is 5.97 Å². The molecule has 19 heavy (non-hydrogen) atoms. The molecule has 0 N–H and O–H groups in total. The molecule has 4 heteroatoms. The molecule has 1 aromatic heterocycles. The maximum absolute atomic E-state index is 11.9. The van der Waals surface area contributed by atoms with Gasteiger partial charge in [-0.05, 0) is 37.6 Å². The van der Waals surface area contributed by atoms with E-state index in [1.807, 2.05) is 13.0 Å². The van der Waals surface area contributed by atoms with Gasteiger partial charge in [-0.3, -0.25) is 4.98 Å². The zero-order valence-corrected chi connectivity index (χ0v) is 10.9. The van der Waals surface area contributed by atoms with E-state index in [4.69, 9.17) is 9.47 Å². The average Bonchev–Trinajstić information content (AvgIpc) is 2.42. The summed E-state index contributed by atoms with van der Waals surface area (Å²) in [7, 11) is 0. The van der Waals surface area contributed by atoms with Gasteiger partial charge in [0.25, 0.3) is 0 Å². The van der Waals surface area contributed by atoms with E-state index in [0.717, 1.165) is 5.56 Å². The zero-order valence-electron chi connectivity index (χ0n) is 10.9. The summed E-state index contributed by atoms with van der Waals surface area (Å²) in [5.74, 6) is 0.775. The molecule has 0 aliphatic carbocycles. The van der Waals surface area contributed by atoms with E-state index in [1.54, 1.807) is 43.6 Å². The Bertz CT molecular complexity index is 567. The Morgan fingerprint density at radius 2 is 1.95 bits per heavy atom. The summed E-state index contributed by atoms with van der Waals surface area (Å²) in [6, 6.07) is 8.87. The third-order valence-electron chi connectivity index (χ3n) is 2.58. The highest BCUT2D eigenvalue weighted by atomic mass is 16.5. The van der Waals surface area contributed by atoms with Crippen LogP contribution in [-0.2, 0) is 4.74 Å². The summed E-state index contributed by atoms with van der Waals surface area (Å²) < 4.78 is 10.8. The fourth-order valence-electron chi connectivity index (χ4n) is 1.68. The Labute approximate surface area is 112 Å². The summed E-state index contributed by atoms with van der Waals surface area (Å²) in [5, 5.41) is 0. The molecule has 0 radical (unpaired) electrons. The van der Waals surface area contributed by atoms with Crippen LogP contribution in [0, 0.1) is 6.92 Å². The molecule has 0 spiro atoms. The molecule has 98 valence electrons. The first-order chi connectivity index (χ1) is 9.22. The monoisotopic (exact) mass is 257 g/mol. The Morgan fingerprint density at radius 1 is 1.21 bits per heavy atom. The molecule has 4 nitrogen and oxygen atoms in total. The third kappa shape index (κ3) is 3.10. The fraction of sp³-hybridized carbons (Fsp3) is 0.200. The number of nitrogens with zero attached hydrogens (tertiary/aromatic N) is 1. The first kappa shape index (κ1) is 13.1. The lowest BCUT2D eigenvalue weighted by Gasteiger charge is -2.12. The minimum absolute atomic E-state index is 0.335. The minimum Gasteiger partial charge on any atom is -0.462 e. The minimum atomic E-state index is -0.379. The molecular weight excluding hydrogens is 242 g/mol. The van der Waals surface area contributed by atoms with Crippen LogP contribution in [0.5, 0.6) is 11.5 Å². The second kappa shape index (κ2) is 6.00. The van der Waals surface area contributed by atoms with E-state index in [0.29, 0.717) is 23.7 Å². The number of hydrogen-bond acceptors (Lipinski definition) is 4. The van der Waals surface area contributed by atoms with Crippen LogP contribution < -0.4 is 4.74 Å². The Morgan fingerprint density at radius 3 is 2.63 bits per heavy atom. The van der Waals surface area contributed by atoms with Crippen LogP contribution in [-0.4, -0.2) is 17.6 Å². The Balaban J connectivity index is 2.36. The number of para-hydroxylation sites is 1. The molecule has 0 saturated carbocycles. The van der Waals surface area contributed by atoms with Crippen LogP contribution in [0.2, 0.25) is 0 Å². The third-order valence-corrected chi connectivity index (χ3v) is 2.58. The summed E-state index contributed by atoms with van der Waals surface area (Å²) in [6.45, 7) is 4.00. The molecule has 0 fully saturated rings. The van der Waals surface area contributed by atoms with E-state index >= 15 is 0 Å². The zero-order chi connectivity index (χ0) is 13.7. The maximum Gasteiger partial charge on any atom is 0.341 e. The van der Waals surface area contributed by atoms with Crippen molar-refractivity contribution >= 4 is 5.97 Å². The SMILES string of the molecule is CCOC(=O)c1cccc(C)c1Oc1ccncc1. The number of rotatable bonds is 4. The summed E-state index contributed by atoms with van der Waals surface area (Å²) in [5.41, 5.74) is 1.31. The molecule has 0 aliphatic rings. The second-order valence-corrected chi connectivity index (χ2v) is 3.96. The quantitative estimate of drug-likeness (QED) is 0.788. The highest BCUT2D eigenvalue weighted by Gasteiger charge is 2.16. The molecule has 0 atom stereocenters. The van der Waals surface area contributed by atoms with E-state index in [2.05, 4.69) is 4.98 Å². The van der Waals surface area contributed by atoms with Gasteiger partial charge in [-0.25, -0.2) is 4.79 Å². The molecule has 0 aliphatic heterocycles. The first-order valence-corrected chi connectivity index (χ1v) is 6.07. The van der Waals surface area contributed by atoms with Crippen molar-refractivity contribution in [2.75, 3.05) is 6.61 Å². The largest absolute Gasteiger partial charge is 0.462 e. The highest BCUT2D eigenvalue weighted by molar-refractivity contribution is 5.93. The topological polar surface area (TPSA) is 48.4 Å². The number of benzene rings is 1. The van der Waals surface area contributed by atoms with Gasteiger partial charge >= 0.3 is 5.97 Å². The lowest BCUT2D eigenvalue weighted by molar-refractivity contribution is 0.0523. The number of carbonyl (C=O) groups is 1. The van der Waals surface area contributed by atoms with E-state index in [1.165, 1.54) is 0 Å². The van der Waals surface area contributed by atoms with E-state index < -0.39 is 0 Å². The number of esters is 1. The fourth-order valence-corrected chi connectivity index (χ4v) is 1.68. The van der Waals surface area contributed by atoms with Crippen molar-refractivity contribution in [3.63, 3.8) is 0 Å². The van der Waals surface area contributed by atoms with Gasteiger partial charge in [0.15, 0.2) is 0 Å². The lowest BCUT2D eigenvalue weighted by atomic mass is 10.1. The molecule has 0 saturated heterocycles. The molecule has 2 rings (SSSR count). The smallest absolute Gasteiger partial charge is 0.341 e. The van der Waals surface area contributed by atoms with Crippen LogP contribution in [0.3, 0.4) is 0 Å². The lowest BCUT2D eigenvalue weighted by Crippen LogP contribution is -2.07. The van der Waals surface area contributed by atoms with Gasteiger partial charge in [-0.15, -0.1) is 0 Å². The molecule has 2 aromatic rings. The van der Waals surface area contributed by atoms with Gasteiger partial charge in [0.2, 0.25) is 0 Å². The second-order valence-electron chi connectivity index (χ2n) is 3.96. The van der Waals surface area contributed by atoms with Crippen molar-refractivity contribution in [1.29, 1.82) is 0 Å². The van der Waals surface area contributed by atoms with Crippen molar-refractivity contribution in [1.82, 2.24) is 4.98 Å². The predicted octanol–water partition coefficient (Wildman–Crippen LogP) is 3.36. The van der Waals surface area contributed by atoms with Gasteiger partial charge in [0.1, 0.15) is 17.1 Å². The van der Waals surface area contributed by atoms with Crippen molar-refractivity contribution in [3.8, 4) is 11.5 Å². The van der Waals surface area contributed by atoms with Crippen LogP contribution in [0.1, 0.15) is 22.8 Å². The van der Waals surface area contributed by atoms with Crippen LogP contribution in [0.15, 0.2) is 42.7 Å². The van der Waals surface area contributed by atoms with Crippen LogP contribution in [0.25, 0.3) is 0 Å². The van der Waals surface area contributed by atoms with Gasteiger partial charge < -0.3 is 9.47 Å². The molecule has 1 heterocycles. The molecule has 1 aromatic carbocycles. The Hall–Kier alpha value is -2.36. The first-order valence-electron chi connectivity index (χ1n) is 6.07. The van der Waals surface area contributed by atoms with Crippen molar-refractivity contribution < 1.29 is 14.3 Å². The van der Waals surface area contributed by atoms with Gasteiger partial charge in [0, 0.05) is 12.4 Å². The number of aromatic nitrogens is 1. The van der Waals surface area contributed by atoms with Gasteiger partial charge in [-0.1, -0.05) is 12.1 Å². The van der Waals surface area contributed by atoms with Crippen LogP contribution in [0.4, 0.5) is 0 Å². The van der Waals surface area contributed by atoms with E-state index in [9.17, 15) is 4.79 Å². The average molecular weight is 257 g/mol. The number of aryl methyl sites for hydroxylation is 1. The molecule has 0 amide bonds. The van der Waals surface area contributed by atoms with Crippen molar-refractivity contribution in [2.45, 2.75) is 13.8 Å². The summed E-state index contributed by atoms with van der Waals surface area (Å²) in [6.07, 6.45) is 3.27. The standard InChI is InChI=1S/C15H15NO3/c1-3-18-15(17)13-6-4-5-11(2)14(13)19-12-7-9-16-10-8-12/h4-10H,3H2,1-2H3. The van der Waals surface area contributed by atoms with Crippen LogP contribution >= 0.6 is 0 Å². The van der Waals surface area contributed by atoms with Crippen molar-refractivity contribution in [2.24, 2.45) is 0 Å². The number of hydrogen-bond donors (Lipinski definition) is 0. The molecule has 0 bridgehead atoms. The number of ether oxygens (including phenoxy) is 2. The maximum atomic E-state index is 11.9. The normalized spacial score (nSPS) is 10.0. The van der Waals surface area contributed by atoms with Crippen molar-refractivity contribution in [3.05, 3.63) is 53.9 Å². The highest BCUT2D eigenvalue weighted by Crippen LogP contribution is 2.29. The number of pyridine rings is 1.